The van der Waals surface area contributed by atoms with Gasteiger partial charge in [-0.25, -0.2) is 4.39 Å². The minimum atomic E-state index is -2.97. The number of hydrogen-bond acceptors (Lipinski definition) is 6. The van der Waals surface area contributed by atoms with Crippen LogP contribution >= 0.6 is 0 Å². The molecule has 5 atom stereocenters. The maximum atomic E-state index is 14.7. The summed E-state index contributed by atoms with van der Waals surface area (Å²) in [5.41, 5.74) is -1.18. The Bertz CT molecular complexity index is 1910. The fourth-order valence-corrected chi connectivity index (χ4v) is 12.8. The van der Waals surface area contributed by atoms with E-state index in [1.807, 2.05) is 49.4 Å². The Hall–Kier alpha value is -4.94. The number of rotatable bonds is 14. The van der Waals surface area contributed by atoms with E-state index in [1.165, 1.54) is 11.0 Å². The predicted octanol–water partition coefficient (Wildman–Crippen LogP) is 5.28. The van der Waals surface area contributed by atoms with E-state index in [9.17, 15) is 28.4 Å². The number of hydrogen-bond donors (Lipinski definition) is 3. The summed E-state index contributed by atoms with van der Waals surface area (Å²) in [5, 5.41) is 10.4. The summed E-state index contributed by atoms with van der Waals surface area (Å²) < 4.78 is 21.9. The molecule has 5 rings (SSSR count). The molecule has 3 N–H and O–H groups in total. The number of Topliss-reactive ketones (excluding diaryl/α,β-unsaturated/α-hetero) is 1. The van der Waals surface area contributed by atoms with Crippen molar-refractivity contribution < 1.29 is 32.8 Å². The van der Waals surface area contributed by atoms with Crippen LogP contribution in [0.25, 0.3) is 0 Å². The average molecular weight is 811 g/mol. The van der Waals surface area contributed by atoms with E-state index in [0.717, 1.165) is 10.4 Å². The lowest BCUT2D eigenvalue weighted by Crippen LogP contribution is -2.68. The van der Waals surface area contributed by atoms with Gasteiger partial charge in [-0.2, -0.15) is 0 Å². The van der Waals surface area contributed by atoms with Gasteiger partial charge in [0.1, 0.15) is 35.6 Å². The molecule has 0 aliphatic carbocycles. The van der Waals surface area contributed by atoms with Gasteiger partial charge in [0, 0.05) is 19.4 Å². The standard InChI is InChI=1S/C46H59FN4O6Si/c1-7-40(57-58(45(3,4)5,33-22-12-9-13-23-33)34-24-14-10-15-25-34)39(52)29-17-11-16-27-36-41(53)50-46(6,8-2)44(56)49-37(31-32-21-18-19-26-35(32)47)43(55)51-30-20-28-38(51)42(54)48-36/h9-15,17-19,21-26,36-38,40H,7-8,16,20,27-31H2,1-6H3,(H,48,54)(H,49,56)(H,50,53)/t36-,37-,38+,40+,46-/m0/s1. The zero-order valence-corrected chi connectivity index (χ0v) is 35.7. The quantitative estimate of drug-likeness (QED) is 0.150. The molecule has 0 spiro atoms. The molecule has 0 unspecified atom stereocenters. The number of carbonyl (C=O) groups is 5. The predicted molar refractivity (Wildman–Crippen MR) is 226 cm³/mol. The molecular formula is C46H59FN4O6Si. The second-order valence-electron chi connectivity index (χ2n) is 16.6. The zero-order valence-electron chi connectivity index (χ0n) is 34.7. The van der Waals surface area contributed by atoms with Crippen molar-refractivity contribution in [3.63, 3.8) is 0 Å². The van der Waals surface area contributed by atoms with E-state index in [4.69, 9.17) is 4.43 Å². The molecule has 2 aliphatic rings. The highest BCUT2D eigenvalue weighted by Gasteiger charge is 2.52. The van der Waals surface area contributed by atoms with Crippen LogP contribution in [0.4, 0.5) is 4.39 Å². The van der Waals surface area contributed by atoms with Crippen molar-refractivity contribution in [2.75, 3.05) is 6.54 Å². The van der Waals surface area contributed by atoms with Crippen molar-refractivity contribution >= 4 is 48.1 Å². The smallest absolute Gasteiger partial charge is 0.262 e. The van der Waals surface area contributed by atoms with Gasteiger partial charge in [-0.05, 0) is 72.5 Å². The van der Waals surface area contributed by atoms with Gasteiger partial charge in [-0.15, -0.1) is 0 Å². The fraction of sp³-hybridized carbons (Fsp3) is 0.457. The molecule has 10 nitrogen and oxygen atoms in total. The zero-order chi connectivity index (χ0) is 42.1. The van der Waals surface area contributed by atoms with Crippen LogP contribution in [0.5, 0.6) is 0 Å². The number of carbonyl (C=O) groups excluding carboxylic acids is 5. The summed E-state index contributed by atoms with van der Waals surface area (Å²) in [4.78, 5) is 70.8. The molecule has 2 aliphatic heterocycles. The van der Waals surface area contributed by atoms with Crippen molar-refractivity contribution in [1.29, 1.82) is 0 Å². The van der Waals surface area contributed by atoms with Gasteiger partial charge < -0.3 is 25.3 Å². The number of amides is 4. The van der Waals surface area contributed by atoms with Crippen LogP contribution in [0.1, 0.15) is 92.1 Å². The third-order valence-electron chi connectivity index (χ3n) is 11.6. The van der Waals surface area contributed by atoms with Crippen molar-refractivity contribution in [2.24, 2.45) is 0 Å². The lowest BCUT2D eigenvalue weighted by atomic mass is 9.94. The minimum absolute atomic E-state index is 0.0483. The normalized spacial score (nSPS) is 22.7. The van der Waals surface area contributed by atoms with E-state index in [1.54, 1.807) is 38.1 Å². The molecule has 58 heavy (non-hydrogen) atoms. The molecule has 2 saturated heterocycles. The first kappa shape index (κ1) is 44.2. The second kappa shape index (κ2) is 19.2. The summed E-state index contributed by atoms with van der Waals surface area (Å²) in [6.07, 6.45) is 5.15. The highest BCUT2D eigenvalue weighted by Crippen LogP contribution is 2.38. The number of nitrogens with one attached hydrogen (secondary N) is 3. The Balaban J connectivity index is 1.31. The molecule has 2 fully saturated rings. The fourth-order valence-electron chi connectivity index (χ4n) is 8.10. The Morgan fingerprint density at radius 3 is 2.10 bits per heavy atom. The van der Waals surface area contributed by atoms with Crippen molar-refractivity contribution in [1.82, 2.24) is 20.9 Å². The molecule has 310 valence electrons. The largest absolute Gasteiger partial charge is 0.397 e. The summed E-state index contributed by atoms with van der Waals surface area (Å²) in [6.45, 7) is 12.1. The van der Waals surface area contributed by atoms with Crippen LogP contribution < -0.4 is 26.3 Å². The second-order valence-corrected chi connectivity index (χ2v) is 20.9. The highest BCUT2D eigenvalue weighted by molar-refractivity contribution is 6.99. The summed E-state index contributed by atoms with van der Waals surface area (Å²) in [5.74, 6) is -2.62. The van der Waals surface area contributed by atoms with E-state index in [2.05, 4.69) is 61.0 Å². The maximum absolute atomic E-state index is 14.7. The first-order valence-electron chi connectivity index (χ1n) is 20.6. The topological polar surface area (TPSA) is 134 Å². The van der Waals surface area contributed by atoms with Crippen molar-refractivity contribution in [2.45, 2.75) is 128 Å². The Labute approximate surface area is 343 Å². The van der Waals surface area contributed by atoms with Crippen molar-refractivity contribution in [3.05, 3.63) is 108 Å². The highest BCUT2D eigenvalue weighted by atomic mass is 28.4. The molecule has 2 heterocycles. The molecule has 0 bridgehead atoms. The van der Waals surface area contributed by atoms with Gasteiger partial charge in [0.25, 0.3) is 8.32 Å². The third-order valence-corrected chi connectivity index (χ3v) is 16.7. The summed E-state index contributed by atoms with van der Waals surface area (Å²) in [6, 6.07) is 23.4. The number of benzene rings is 3. The minimum Gasteiger partial charge on any atom is -0.397 e. The van der Waals surface area contributed by atoms with Crippen molar-refractivity contribution in [3.8, 4) is 0 Å². The van der Waals surface area contributed by atoms with Gasteiger partial charge in [0.15, 0.2) is 5.78 Å². The van der Waals surface area contributed by atoms with E-state index in [0.29, 0.717) is 25.7 Å². The van der Waals surface area contributed by atoms with Gasteiger partial charge in [0.2, 0.25) is 23.6 Å². The van der Waals surface area contributed by atoms with Gasteiger partial charge in [0.05, 0.1) is 0 Å². The van der Waals surface area contributed by atoms with Crippen LogP contribution in [-0.2, 0) is 34.8 Å². The summed E-state index contributed by atoms with van der Waals surface area (Å²) >= 11 is 0. The molecule has 3 aromatic carbocycles. The number of ketones is 1. The Morgan fingerprint density at radius 1 is 0.897 bits per heavy atom. The lowest BCUT2D eigenvalue weighted by Gasteiger charge is -2.44. The SMILES string of the molecule is CC[C@@H](O[Si](c1ccccc1)(c1ccccc1)C(C)(C)C)C(=O)CC=CCC[C@@H]1NC(=O)[C@H]2CCCN2C(=O)[C@H](Cc2ccccc2F)NC(=O)[C@](C)(CC)NC1=O. The molecular weight excluding hydrogens is 752 g/mol. The van der Waals surface area contributed by atoms with Crippen LogP contribution in [-0.4, -0.2) is 78.9 Å². The van der Waals surface area contributed by atoms with Crippen LogP contribution in [0.15, 0.2) is 97.1 Å². The van der Waals surface area contributed by atoms with Crippen LogP contribution in [0, 0.1) is 5.82 Å². The number of allylic oxidation sites excluding steroid dienone is 2. The molecule has 0 saturated carbocycles. The van der Waals surface area contributed by atoms with Crippen LogP contribution in [0.3, 0.4) is 0 Å². The van der Waals surface area contributed by atoms with E-state index in [-0.39, 0.29) is 48.6 Å². The van der Waals surface area contributed by atoms with Gasteiger partial charge in [-0.1, -0.05) is 126 Å². The Kier molecular flexibility index (Phi) is 14.6. The average Bonchev–Trinajstić information content (AvgIpc) is 3.71. The maximum Gasteiger partial charge on any atom is 0.262 e. The molecule has 0 aromatic heterocycles. The summed E-state index contributed by atoms with van der Waals surface area (Å²) in [7, 11) is -2.97. The number of nitrogens with zero attached hydrogens (tertiary/aromatic N) is 1. The first-order valence-corrected chi connectivity index (χ1v) is 22.5. The molecule has 3 aromatic rings. The molecule has 12 heteroatoms. The van der Waals surface area contributed by atoms with Gasteiger partial charge >= 0.3 is 0 Å². The van der Waals surface area contributed by atoms with E-state index >= 15 is 0 Å². The van der Waals surface area contributed by atoms with Crippen LogP contribution in [0.2, 0.25) is 5.04 Å². The third kappa shape index (κ3) is 9.83. The Morgan fingerprint density at radius 2 is 1.52 bits per heavy atom. The lowest BCUT2D eigenvalue weighted by molar-refractivity contribution is -0.144. The number of halogens is 1. The number of fused-ring (bicyclic) bond motifs is 1. The monoisotopic (exact) mass is 810 g/mol. The van der Waals surface area contributed by atoms with E-state index < -0.39 is 67.5 Å². The van der Waals surface area contributed by atoms with Gasteiger partial charge in [-0.3, -0.25) is 24.0 Å². The molecule has 4 amide bonds. The first-order chi connectivity index (χ1) is 27.6. The molecule has 0 radical (unpaired) electrons.